The van der Waals surface area contributed by atoms with Gasteiger partial charge < -0.3 is 10.6 Å². The molecule has 2 rings (SSSR count). The van der Waals surface area contributed by atoms with E-state index >= 15 is 0 Å². The van der Waals surface area contributed by atoms with E-state index in [1.165, 1.54) is 5.56 Å². The Morgan fingerprint density at radius 3 is 2.56 bits per heavy atom. The smallest absolute Gasteiger partial charge is 0.242 e. The molecule has 0 aromatic heterocycles. The first-order valence-electron chi connectivity index (χ1n) is 6.70. The van der Waals surface area contributed by atoms with Crippen LogP contribution in [0, 0.1) is 0 Å². The Hall–Kier alpha value is -1.35. The summed E-state index contributed by atoms with van der Waals surface area (Å²) in [6, 6.07) is 10.5. The van der Waals surface area contributed by atoms with E-state index in [0.717, 1.165) is 38.6 Å². The Balaban J connectivity index is 1.65. The van der Waals surface area contributed by atoms with E-state index in [4.69, 9.17) is 5.73 Å². The minimum absolute atomic E-state index is 0.113. The van der Waals surface area contributed by atoms with Crippen LogP contribution in [0.2, 0.25) is 0 Å². The number of benzene rings is 1. The number of rotatable bonds is 6. The average molecular weight is 246 g/mol. The number of hydrogen-bond acceptors (Lipinski definition) is 2. The summed E-state index contributed by atoms with van der Waals surface area (Å²) in [5, 5.41) is 0. The molecule has 1 saturated carbocycles. The Morgan fingerprint density at radius 2 is 1.94 bits per heavy atom. The summed E-state index contributed by atoms with van der Waals surface area (Å²) in [4.78, 5) is 13.7. The van der Waals surface area contributed by atoms with Crippen molar-refractivity contribution in [3.05, 3.63) is 35.9 Å². The van der Waals surface area contributed by atoms with Gasteiger partial charge in [-0.15, -0.1) is 0 Å². The zero-order valence-electron chi connectivity index (χ0n) is 11.1. The number of unbranched alkanes of at least 4 members (excludes halogenated alkanes) is 1. The molecule has 0 atom stereocenters. The van der Waals surface area contributed by atoms with Gasteiger partial charge in [-0.25, -0.2) is 0 Å². The molecule has 1 aliphatic carbocycles. The van der Waals surface area contributed by atoms with Crippen LogP contribution in [0.1, 0.15) is 31.2 Å². The van der Waals surface area contributed by atoms with Gasteiger partial charge in [0.2, 0.25) is 5.91 Å². The second kappa shape index (κ2) is 5.53. The SMILES string of the molecule is CN(CCCCc1ccccc1)C(=O)C1(N)CC1. The summed E-state index contributed by atoms with van der Waals surface area (Å²) in [5.41, 5.74) is 6.74. The molecule has 98 valence electrons. The standard InChI is InChI=1S/C15H22N2O/c1-17(14(18)15(16)10-11-15)12-6-5-9-13-7-3-2-4-8-13/h2-4,7-8H,5-6,9-12,16H2,1H3. The van der Waals surface area contributed by atoms with Gasteiger partial charge in [0.25, 0.3) is 0 Å². The van der Waals surface area contributed by atoms with Gasteiger partial charge in [0.15, 0.2) is 0 Å². The largest absolute Gasteiger partial charge is 0.344 e. The van der Waals surface area contributed by atoms with E-state index in [-0.39, 0.29) is 5.91 Å². The third-order valence-corrected chi connectivity index (χ3v) is 3.61. The summed E-state index contributed by atoms with van der Waals surface area (Å²) < 4.78 is 0. The Labute approximate surface area is 109 Å². The van der Waals surface area contributed by atoms with Crippen LogP contribution in [0.25, 0.3) is 0 Å². The highest BCUT2D eigenvalue weighted by atomic mass is 16.2. The summed E-state index contributed by atoms with van der Waals surface area (Å²) in [6.45, 7) is 0.810. The lowest BCUT2D eigenvalue weighted by Crippen LogP contribution is -2.44. The molecule has 1 amide bonds. The summed E-state index contributed by atoms with van der Waals surface area (Å²) >= 11 is 0. The van der Waals surface area contributed by atoms with Gasteiger partial charge in [0.1, 0.15) is 0 Å². The second-order valence-corrected chi connectivity index (χ2v) is 5.33. The summed E-state index contributed by atoms with van der Waals surface area (Å²) in [7, 11) is 1.86. The van der Waals surface area contributed by atoms with Crippen LogP contribution in [-0.4, -0.2) is 29.9 Å². The van der Waals surface area contributed by atoms with Gasteiger partial charge in [-0.1, -0.05) is 30.3 Å². The molecule has 0 heterocycles. The van der Waals surface area contributed by atoms with Crippen molar-refractivity contribution < 1.29 is 4.79 Å². The van der Waals surface area contributed by atoms with E-state index in [1.54, 1.807) is 4.90 Å². The first-order valence-corrected chi connectivity index (χ1v) is 6.70. The van der Waals surface area contributed by atoms with Gasteiger partial charge in [-0.2, -0.15) is 0 Å². The first-order chi connectivity index (χ1) is 8.62. The van der Waals surface area contributed by atoms with Crippen LogP contribution < -0.4 is 5.73 Å². The van der Waals surface area contributed by atoms with Crippen LogP contribution in [0.3, 0.4) is 0 Å². The molecule has 0 unspecified atom stereocenters. The van der Waals surface area contributed by atoms with Crippen molar-refractivity contribution in [2.45, 2.75) is 37.6 Å². The Morgan fingerprint density at radius 1 is 1.28 bits per heavy atom. The van der Waals surface area contributed by atoms with Crippen LogP contribution >= 0.6 is 0 Å². The monoisotopic (exact) mass is 246 g/mol. The Kier molecular flexibility index (Phi) is 4.02. The predicted octanol–water partition coefficient (Wildman–Crippen LogP) is 1.96. The molecule has 1 fully saturated rings. The molecule has 0 spiro atoms. The van der Waals surface area contributed by atoms with Crippen molar-refractivity contribution in [1.29, 1.82) is 0 Å². The quantitative estimate of drug-likeness (QED) is 0.780. The third kappa shape index (κ3) is 3.33. The fourth-order valence-corrected chi connectivity index (χ4v) is 2.15. The number of nitrogens with two attached hydrogens (primary N) is 1. The van der Waals surface area contributed by atoms with Crippen LogP contribution in [0.4, 0.5) is 0 Å². The number of carbonyl (C=O) groups is 1. The maximum atomic E-state index is 11.9. The predicted molar refractivity (Wildman–Crippen MR) is 73.2 cm³/mol. The topological polar surface area (TPSA) is 46.3 Å². The normalized spacial score (nSPS) is 16.3. The number of likely N-dealkylation sites (N-methyl/N-ethyl adjacent to an activating group) is 1. The molecule has 18 heavy (non-hydrogen) atoms. The van der Waals surface area contributed by atoms with E-state index in [2.05, 4.69) is 24.3 Å². The van der Waals surface area contributed by atoms with Crippen LogP contribution in [0.5, 0.6) is 0 Å². The molecule has 1 aromatic carbocycles. The molecule has 0 saturated heterocycles. The van der Waals surface area contributed by atoms with Crippen molar-refractivity contribution in [3.8, 4) is 0 Å². The lowest BCUT2D eigenvalue weighted by Gasteiger charge is -2.20. The van der Waals surface area contributed by atoms with E-state index < -0.39 is 5.54 Å². The molecule has 2 N–H and O–H groups in total. The zero-order chi connectivity index (χ0) is 13.0. The van der Waals surface area contributed by atoms with E-state index in [9.17, 15) is 4.79 Å². The molecule has 0 bridgehead atoms. The van der Waals surface area contributed by atoms with E-state index in [0.29, 0.717) is 0 Å². The number of nitrogens with zero attached hydrogens (tertiary/aromatic N) is 1. The maximum absolute atomic E-state index is 11.9. The van der Waals surface area contributed by atoms with Gasteiger partial charge >= 0.3 is 0 Å². The van der Waals surface area contributed by atoms with Gasteiger partial charge in [-0.05, 0) is 37.7 Å². The van der Waals surface area contributed by atoms with E-state index in [1.807, 2.05) is 13.1 Å². The van der Waals surface area contributed by atoms with Crippen LogP contribution in [0.15, 0.2) is 30.3 Å². The van der Waals surface area contributed by atoms with Crippen molar-refractivity contribution in [1.82, 2.24) is 4.90 Å². The number of amides is 1. The molecule has 3 heteroatoms. The number of carbonyl (C=O) groups excluding carboxylic acids is 1. The van der Waals surface area contributed by atoms with Crippen molar-refractivity contribution in [2.75, 3.05) is 13.6 Å². The summed E-state index contributed by atoms with van der Waals surface area (Å²) in [6.07, 6.45) is 4.92. The molecular formula is C15H22N2O. The third-order valence-electron chi connectivity index (χ3n) is 3.61. The number of aryl methyl sites for hydroxylation is 1. The maximum Gasteiger partial charge on any atom is 0.242 e. The highest BCUT2D eigenvalue weighted by Crippen LogP contribution is 2.33. The van der Waals surface area contributed by atoms with Crippen molar-refractivity contribution in [3.63, 3.8) is 0 Å². The highest BCUT2D eigenvalue weighted by Gasteiger charge is 2.47. The van der Waals surface area contributed by atoms with Crippen molar-refractivity contribution >= 4 is 5.91 Å². The van der Waals surface area contributed by atoms with Crippen LogP contribution in [-0.2, 0) is 11.2 Å². The second-order valence-electron chi connectivity index (χ2n) is 5.33. The minimum Gasteiger partial charge on any atom is -0.344 e. The number of hydrogen-bond donors (Lipinski definition) is 1. The molecule has 1 aliphatic rings. The van der Waals surface area contributed by atoms with Gasteiger partial charge in [0.05, 0.1) is 5.54 Å². The fourth-order valence-electron chi connectivity index (χ4n) is 2.15. The van der Waals surface area contributed by atoms with Crippen molar-refractivity contribution in [2.24, 2.45) is 5.73 Å². The summed E-state index contributed by atoms with van der Waals surface area (Å²) in [5.74, 6) is 0.113. The lowest BCUT2D eigenvalue weighted by atomic mass is 10.1. The molecular weight excluding hydrogens is 224 g/mol. The molecule has 3 nitrogen and oxygen atoms in total. The fraction of sp³-hybridized carbons (Fsp3) is 0.533. The minimum atomic E-state index is -0.520. The Bertz CT molecular complexity index is 398. The average Bonchev–Trinajstić information content (AvgIpc) is 3.14. The highest BCUT2D eigenvalue weighted by molar-refractivity contribution is 5.88. The first kappa shape index (κ1) is 13.1. The zero-order valence-corrected chi connectivity index (χ0v) is 11.1. The molecule has 0 aliphatic heterocycles. The van der Waals surface area contributed by atoms with Gasteiger partial charge in [-0.3, -0.25) is 4.79 Å². The lowest BCUT2D eigenvalue weighted by molar-refractivity contribution is -0.132. The van der Waals surface area contributed by atoms with Gasteiger partial charge in [0, 0.05) is 13.6 Å². The molecule has 1 aromatic rings. The molecule has 0 radical (unpaired) electrons.